The molecule has 1 fully saturated rings. The van der Waals surface area contributed by atoms with Gasteiger partial charge in [-0.15, -0.1) is 0 Å². The van der Waals surface area contributed by atoms with Crippen LogP contribution in [0.15, 0.2) is 0 Å². The Balaban J connectivity index is 0.00000121. The number of rotatable bonds is 2. The summed E-state index contributed by atoms with van der Waals surface area (Å²) < 4.78 is 0. The molecule has 17 heavy (non-hydrogen) atoms. The quantitative estimate of drug-likeness (QED) is 0.781. The van der Waals surface area contributed by atoms with Crippen LogP contribution in [0.1, 0.15) is 47.5 Å². The predicted octanol–water partition coefficient (Wildman–Crippen LogP) is 2.20. The maximum Gasteiger partial charge on any atom is 0.315 e. The molecule has 0 saturated carbocycles. The van der Waals surface area contributed by atoms with Gasteiger partial charge < -0.3 is 15.5 Å². The summed E-state index contributed by atoms with van der Waals surface area (Å²) in [5.74, 6) is 0. The number of likely N-dealkylation sites (tertiary alicyclic amines) is 1. The van der Waals surface area contributed by atoms with Gasteiger partial charge in [-0.25, -0.2) is 4.79 Å². The van der Waals surface area contributed by atoms with Crippen molar-refractivity contribution in [2.75, 3.05) is 20.1 Å². The first-order chi connectivity index (χ1) is 7.91. The number of amides is 2. The van der Waals surface area contributed by atoms with Gasteiger partial charge in [0.25, 0.3) is 0 Å². The third kappa shape index (κ3) is 6.51. The molecule has 0 aromatic rings. The van der Waals surface area contributed by atoms with E-state index in [0.29, 0.717) is 0 Å². The molecule has 0 radical (unpaired) electrons. The molecule has 0 aromatic heterocycles. The summed E-state index contributed by atoms with van der Waals surface area (Å²) in [5, 5.41) is 5.93. The monoisotopic (exact) mass is 243 g/mol. The van der Waals surface area contributed by atoms with E-state index < -0.39 is 0 Å². The maximum absolute atomic E-state index is 11.6. The highest BCUT2D eigenvalue weighted by Crippen LogP contribution is 2.20. The number of urea groups is 1. The van der Waals surface area contributed by atoms with Gasteiger partial charge in [-0.05, 0) is 40.7 Å². The van der Waals surface area contributed by atoms with Crippen molar-refractivity contribution >= 4 is 6.03 Å². The van der Waals surface area contributed by atoms with Crippen molar-refractivity contribution < 1.29 is 4.79 Å². The molecule has 4 heteroatoms. The number of piperidine rings is 1. The fourth-order valence-corrected chi connectivity index (χ4v) is 1.81. The number of hydrogen-bond donors (Lipinski definition) is 2. The van der Waals surface area contributed by atoms with E-state index in [2.05, 4.69) is 29.5 Å². The predicted molar refractivity (Wildman–Crippen MR) is 73.3 cm³/mol. The second kappa shape index (κ2) is 7.54. The molecule has 1 saturated heterocycles. The van der Waals surface area contributed by atoms with Crippen LogP contribution in [0.4, 0.5) is 4.79 Å². The fourth-order valence-electron chi connectivity index (χ4n) is 1.81. The average molecular weight is 243 g/mol. The molecule has 1 aliphatic rings. The Hall–Kier alpha value is -0.770. The first kappa shape index (κ1) is 16.2. The Kier molecular flexibility index (Phi) is 7.19. The minimum Gasteiger partial charge on any atom is -0.336 e. The van der Waals surface area contributed by atoms with E-state index in [-0.39, 0.29) is 17.6 Å². The Labute approximate surface area is 106 Å². The van der Waals surface area contributed by atoms with Crippen molar-refractivity contribution in [2.45, 2.75) is 59.0 Å². The largest absolute Gasteiger partial charge is 0.336 e. The number of nitrogens with zero attached hydrogens (tertiary/aromatic N) is 1. The minimum atomic E-state index is -0.0444. The fraction of sp³-hybridized carbons (Fsp3) is 0.923. The molecule has 1 aliphatic heterocycles. The number of hydrogen-bond acceptors (Lipinski definition) is 2. The standard InChI is InChI=1S/C11H23N3O.C2H6/c1-9(2)12-10(15)13-11(3)5-7-14(4)8-6-11;1-2/h9H,5-8H2,1-4H3,(H2,12,13,15);1-2H3. The van der Waals surface area contributed by atoms with Crippen molar-refractivity contribution in [3.63, 3.8) is 0 Å². The van der Waals surface area contributed by atoms with Gasteiger partial charge in [-0.3, -0.25) is 0 Å². The van der Waals surface area contributed by atoms with Crippen LogP contribution in [0.2, 0.25) is 0 Å². The SMILES string of the molecule is CC.CC(C)NC(=O)NC1(C)CCN(C)CC1. The molecule has 1 heterocycles. The third-order valence-electron chi connectivity index (χ3n) is 2.93. The zero-order valence-electron chi connectivity index (χ0n) is 12.3. The van der Waals surface area contributed by atoms with Crippen LogP contribution >= 0.6 is 0 Å². The van der Waals surface area contributed by atoms with Gasteiger partial charge in [0.15, 0.2) is 0 Å². The van der Waals surface area contributed by atoms with Crippen LogP contribution in [-0.2, 0) is 0 Å². The van der Waals surface area contributed by atoms with Crippen molar-refractivity contribution in [1.29, 1.82) is 0 Å². The first-order valence-electron chi connectivity index (χ1n) is 6.68. The van der Waals surface area contributed by atoms with Gasteiger partial charge in [-0.1, -0.05) is 13.8 Å². The molecule has 2 N–H and O–H groups in total. The van der Waals surface area contributed by atoms with Crippen LogP contribution in [0, 0.1) is 0 Å². The van der Waals surface area contributed by atoms with Crippen LogP contribution in [0.5, 0.6) is 0 Å². The summed E-state index contributed by atoms with van der Waals surface area (Å²) >= 11 is 0. The molecule has 0 aliphatic carbocycles. The second-order valence-corrected chi connectivity index (χ2v) is 5.12. The lowest BCUT2D eigenvalue weighted by Gasteiger charge is -2.38. The summed E-state index contributed by atoms with van der Waals surface area (Å²) in [7, 11) is 2.12. The van der Waals surface area contributed by atoms with Gasteiger partial charge in [0.05, 0.1) is 0 Å². The molecular weight excluding hydrogens is 214 g/mol. The first-order valence-corrected chi connectivity index (χ1v) is 6.68. The van der Waals surface area contributed by atoms with Gasteiger partial charge in [0, 0.05) is 24.7 Å². The van der Waals surface area contributed by atoms with Gasteiger partial charge in [0.1, 0.15) is 0 Å². The number of nitrogens with one attached hydrogen (secondary N) is 2. The Bertz CT molecular complexity index is 221. The average Bonchev–Trinajstić information content (AvgIpc) is 2.24. The lowest BCUT2D eigenvalue weighted by Crippen LogP contribution is -2.56. The molecule has 2 amide bonds. The lowest BCUT2D eigenvalue weighted by molar-refractivity contribution is 0.167. The van der Waals surface area contributed by atoms with Crippen molar-refractivity contribution in [2.24, 2.45) is 0 Å². The van der Waals surface area contributed by atoms with E-state index in [0.717, 1.165) is 25.9 Å². The molecule has 0 aromatic carbocycles. The summed E-state index contributed by atoms with van der Waals surface area (Å²) in [6.07, 6.45) is 2.05. The highest BCUT2D eigenvalue weighted by Gasteiger charge is 2.30. The molecule has 1 rings (SSSR count). The number of carbonyl (C=O) groups excluding carboxylic acids is 1. The topological polar surface area (TPSA) is 44.4 Å². The van der Waals surface area contributed by atoms with Crippen LogP contribution in [-0.4, -0.2) is 42.6 Å². The van der Waals surface area contributed by atoms with Crippen molar-refractivity contribution in [1.82, 2.24) is 15.5 Å². The number of carbonyl (C=O) groups is 1. The Morgan fingerprint density at radius 1 is 1.24 bits per heavy atom. The molecular formula is C13H29N3O. The van der Waals surface area contributed by atoms with E-state index in [4.69, 9.17) is 0 Å². The summed E-state index contributed by atoms with van der Waals surface area (Å²) in [6, 6.07) is 0.150. The normalized spacial score (nSPS) is 19.2. The Morgan fingerprint density at radius 2 is 1.71 bits per heavy atom. The van der Waals surface area contributed by atoms with Gasteiger partial charge in [-0.2, -0.15) is 0 Å². The molecule has 0 unspecified atom stereocenters. The summed E-state index contributed by atoms with van der Waals surface area (Å²) in [6.45, 7) is 12.2. The summed E-state index contributed by atoms with van der Waals surface area (Å²) in [4.78, 5) is 13.9. The van der Waals surface area contributed by atoms with E-state index in [1.165, 1.54) is 0 Å². The second-order valence-electron chi connectivity index (χ2n) is 5.12. The highest BCUT2D eigenvalue weighted by atomic mass is 16.2. The minimum absolute atomic E-state index is 0.0362. The zero-order valence-corrected chi connectivity index (χ0v) is 12.3. The van der Waals surface area contributed by atoms with Gasteiger partial charge >= 0.3 is 6.03 Å². The molecule has 0 atom stereocenters. The van der Waals surface area contributed by atoms with E-state index in [9.17, 15) is 4.79 Å². The zero-order chi connectivity index (χ0) is 13.5. The van der Waals surface area contributed by atoms with Crippen LogP contribution in [0.3, 0.4) is 0 Å². The van der Waals surface area contributed by atoms with Crippen LogP contribution in [0.25, 0.3) is 0 Å². The smallest absolute Gasteiger partial charge is 0.315 e. The molecule has 102 valence electrons. The summed E-state index contributed by atoms with van der Waals surface area (Å²) in [5.41, 5.74) is -0.0362. The Morgan fingerprint density at radius 3 is 2.12 bits per heavy atom. The highest BCUT2D eigenvalue weighted by molar-refractivity contribution is 5.75. The van der Waals surface area contributed by atoms with E-state index >= 15 is 0 Å². The van der Waals surface area contributed by atoms with Crippen molar-refractivity contribution in [3.05, 3.63) is 0 Å². The molecule has 4 nitrogen and oxygen atoms in total. The molecule has 0 spiro atoms. The van der Waals surface area contributed by atoms with Gasteiger partial charge in [0.2, 0.25) is 0 Å². The van der Waals surface area contributed by atoms with E-state index in [1.54, 1.807) is 0 Å². The van der Waals surface area contributed by atoms with E-state index in [1.807, 2.05) is 27.7 Å². The van der Waals surface area contributed by atoms with Crippen molar-refractivity contribution in [3.8, 4) is 0 Å². The van der Waals surface area contributed by atoms with Crippen LogP contribution < -0.4 is 10.6 Å². The maximum atomic E-state index is 11.6. The lowest BCUT2D eigenvalue weighted by atomic mass is 9.90. The molecule has 0 bridgehead atoms. The third-order valence-corrected chi connectivity index (χ3v) is 2.93.